The van der Waals surface area contributed by atoms with Crippen molar-refractivity contribution in [3.8, 4) is 0 Å². The third kappa shape index (κ3) is 1.05. The molecule has 0 radical (unpaired) electrons. The minimum absolute atomic E-state index is 0.227. The molecular weight excluding hydrogens is 138 g/mol. The van der Waals surface area contributed by atoms with Gasteiger partial charge < -0.3 is 0 Å². The molecule has 0 aromatic heterocycles. The van der Waals surface area contributed by atoms with Crippen LogP contribution in [0.25, 0.3) is 0 Å². The third-order valence-corrected chi connectivity index (χ3v) is 1.98. The van der Waals surface area contributed by atoms with Crippen LogP contribution in [0.1, 0.15) is 11.1 Å². The van der Waals surface area contributed by atoms with E-state index in [1.54, 1.807) is 5.32 Å². The molecule has 1 aliphatic heterocycles. The molecule has 0 aliphatic carbocycles. The Balaban J connectivity index is 2.51. The monoisotopic (exact) mass is 148 g/mol. The Hall–Kier alpha value is -1.15. The molecule has 1 aromatic rings. The van der Waals surface area contributed by atoms with Gasteiger partial charge in [-0.15, -0.1) is 0 Å². The number of benzene rings is 1. The zero-order chi connectivity index (χ0) is 7.84. The van der Waals surface area contributed by atoms with Gasteiger partial charge in [-0.25, -0.2) is 4.79 Å². The summed E-state index contributed by atoms with van der Waals surface area (Å²) in [6, 6.07) is 6.13. The van der Waals surface area contributed by atoms with E-state index < -0.39 is 0 Å². The van der Waals surface area contributed by atoms with E-state index in [4.69, 9.17) is 0 Å². The van der Waals surface area contributed by atoms with Crippen LogP contribution in [-0.4, -0.2) is 5.91 Å². The average Bonchev–Trinajstić information content (AvgIpc) is 2.27. The van der Waals surface area contributed by atoms with Crippen molar-refractivity contribution in [2.75, 3.05) is 0 Å². The van der Waals surface area contributed by atoms with Gasteiger partial charge in [0.05, 0.1) is 6.42 Å². The number of carbonyl (C=O) groups excluding carboxylic acids is 1. The van der Waals surface area contributed by atoms with Gasteiger partial charge in [-0.2, -0.15) is 0 Å². The van der Waals surface area contributed by atoms with E-state index in [0.717, 1.165) is 5.69 Å². The molecular formula is C9H10NO+. The summed E-state index contributed by atoms with van der Waals surface area (Å²) < 4.78 is 0. The van der Waals surface area contributed by atoms with Gasteiger partial charge in [0, 0.05) is 11.6 Å². The molecule has 0 saturated heterocycles. The number of carbonyl (C=O) groups is 1. The Labute approximate surface area is 65.2 Å². The minimum Gasteiger partial charge on any atom is -0.250 e. The van der Waals surface area contributed by atoms with Crippen molar-refractivity contribution < 1.29 is 10.1 Å². The molecule has 1 aliphatic rings. The first-order chi connectivity index (χ1) is 5.25. The van der Waals surface area contributed by atoms with Crippen LogP contribution >= 0.6 is 0 Å². The van der Waals surface area contributed by atoms with E-state index in [1.807, 2.05) is 19.1 Å². The van der Waals surface area contributed by atoms with Crippen LogP contribution < -0.4 is 5.32 Å². The molecule has 1 aromatic carbocycles. The Morgan fingerprint density at radius 2 is 2.27 bits per heavy atom. The summed E-state index contributed by atoms with van der Waals surface area (Å²) in [6.45, 7) is 2.04. The SMILES string of the molecule is Cc1ccc2c(c1)CC(=O)[NH2+]2. The first-order valence-corrected chi connectivity index (χ1v) is 3.73. The molecule has 11 heavy (non-hydrogen) atoms. The first kappa shape index (κ1) is 6.55. The predicted molar refractivity (Wildman–Crippen MR) is 41.5 cm³/mol. The molecule has 0 spiro atoms. The summed E-state index contributed by atoms with van der Waals surface area (Å²) in [5.41, 5.74) is 3.50. The number of hydrogen-bond donors (Lipinski definition) is 1. The lowest BCUT2D eigenvalue weighted by molar-refractivity contribution is -0.476. The van der Waals surface area contributed by atoms with Crippen LogP contribution in [0.15, 0.2) is 18.2 Å². The van der Waals surface area contributed by atoms with Crippen molar-refractivity contribution in [1.29, 1.82) is 0 Å². The highest BCUT2D eigenvalue weighted by Gasteiger charge is 2.22. The number of nitrogens with two attached hydrogens (primary N) is 1. The molecule has 2 N–H and O–H groups in total. The Morgan fingerprint density at radius 1 is 1.45 bits per heavy atom. The fraction of sp³-hybridized carbons (Fsp3) is 0.222. The molecule has 1 heterocycles. The predicted octanol–water partition coefficient (Wildman–Crippen LogP) is 0.273. The van der Waals surface area contributed by atoms with Crippen molar-refractivity contribution in [1.82, 2.24) is 0 Å². The molecule has 0 unspecified atom stereocenters. The standard InChI is InChI=1S/C9H9NO/c1-6-2-3-8-7(4-6)5-9(11)10-8/h2-4H,5H2,1H3,(H,10,11)/p+1. The van der Waals surface area contributed by atoms with Gasteiger partial charge in [-0.05, 0) is 13.0 Å². The molecule has 1 amide bonds. The highest BCUT2D eigenvalue weighted by molar-refractivity contribution is 5.77. The topological polar surface area (TPSA) is 33.7 Å². The summed E-state index contributed by atoms with van der Waals surface area (Å²) in [5.74, 6) is 0.227. The molecule has 0 saturated carbocycles. The lowest BCUT2D eigenvalue weighted by atomic mass is 10.1. The van der Waals surface area contributed by atoms with Gasteiger partial charge >= 0.3 is 5.91 Å². The number of quaternary nitrogens is 1. The van der Waals surface area contributed by atoms with Crippen LogP contribution in [0.3, 0.4) is 0 Å². The summed E-state index contributed by atoms with van der Waals surface area (Å²) in [5, 5.41) is 1.72. The number of amides is 1. The number of primary amides is 1. The van der Waals surface area contributed by atoms with Gasteiger partial charge in [-0.1, -0.05) is 11.6 Å². The van der Waals surface area contributed by atoms with Crippen molar-refractivity contribution in [3.05, 3.63) is 29.3 Å². The lowest BCUT2D eigenvalue weighted by Crippen LogP contribution is -2.79. The average molecular weight is 148 g/mol. The second-order valence-electron chi connectivity index (χ2n) is 2.99. The maximum Gasteiger partial charge on any atom is 0.320 e. The normalized spacial score (nSPS) is 15.2. The van der Waals surface area contributed by atoms with Crippen molar-refractivity contribution >= 4 is 11.6 Å². The lowest BCUT2D eigenvalue weighted by Gasteiger charge is -1.93. The molecule has 0 atom stereocenters. The quantitative estimate of drug-likeness (QED) is 0.526. The van der Waals surface area contributed by atoms with E-state index >= 15 is 0 Å². The van der Waals surface area contributed by atoms with Gasteiger partial charge in [0.15, 0.2) is 0 Å². The summed E-state index contributed by atoms with van der Waals surface area (Å²) in [4.78, 5) is 11.0. The maximum atomic E-state index is 11.0. The molecule has 0 bridgehead atoms. The molecule has 0 fully saturated rings. The highest BCUT2D eigenvalue weighted by atomic mass is 16.1. The van der Waals surface area contributed by atoms with E-state index in [2.05, 4.69) is 6.07 Å². The third-order valence-electron chi connectivity index (χ3n) is 1.98. The van der Waals surface area contributed by atoms with E-state index in [9.17, 15) is 4.79 Å². The molecule has 2 rings (SSSR count). The highest BCUT2D eigenvalue weighted by Crippen LogP contribution is 2.16. The van der Waals surface area contributed by atoms with E-state index in [1.165, 1.54) is 11.1 Å². The second-order valence-corrected chi connectivity index (χ2v) is 2.99. The van der Waals surface area contributed by atoms with Gasteiger partial charge in [0.25, 0.3) is 0 Å². The van der Waals surface area contributed by atoms with Crippen molar-refractivity contribution in [2.24, 2.45) is 0 Å². The smallest absolute Gasteiger partial charge is 0.250 e. The first-order valence-electron chi connectivity index (χ1n) is 3.73. The summed E-state index contributed by atoms with van der Waals surface area (Å²) in [7, 11) is 0. The summed E-state index contributed by atoms with van der Waals surface area (Å²) >= 11 is 0. The van der Waals surface area contributed by atoms with Crippen LogP contribution in [0.2, 0.25) is 0 Å². The zero-order valence-corrected chi connectivity index (χ0v) is 6.42. The Bertz CT molecular complexity index is 317. The maximum absolute atomic E-state index is 11.0. The number of rotatable bonds is 0. The Kier molecular flexibility index (Phi) is 1.29. The van der Waals surface area contributed by atoms with Crippen molar-refractivity contribution in [2.45, 2.75) is 13.3 Å². The molecule has 2 nitrogen and oxygen atoms in total. The second kappa shape index (κ2) is 2.17. The fourth-order valence-corrected chi connectivity index (χ4v) is 1.44. The van der Waals surface area contributed by atoms with Crippen LogP contribution in [0.4, 0.5) is 5.69 Å². The summed E-state index contributed by atoms with van der Waals surface area (Å²) in [6.07, 6.45) is 0.594. The van der Waals surface area contributed by atoms with Gasteiger partial charge in [-0.3, -0.25) is 5.32 Å². The van der Waals surface area contributed by atoms with E-state index in [0.29, 0.717) is 6.42 Å². The van der Waals surface area contributed by atoms with Gasteiger partial charge in [0.1, 0.15) is 5.69 Å². The van der Waals surface area contributed by atoms with Gasteiger partial charge in [0.2, 0.25) is 0 Å². The number of hydrogen-bond acceptors (Lipinski definition) is 1. The van der Waals surface area contributed by atoms with Crippen molar-refractivity contribution in [3.63, 3.8) is 0 Å². The minimum atomic E-state index is 0.227. The molecule has 56 valence electrons. The number of fused-ring (bicyclic) bond motifs is 1. The molecule has 2 heteroatoms. The number of aryl methyl sites for hydroxylation is 1. The van der Waals surface area contributed by atoms with Crippen LogP contribution in [0.5, 0.6) is 0 Å². The zero-order valence-electron chi connectivity index (χ0n) is 6.42. The van der Waals surface area contributed by atoms with E-state index in [-0.39, 0.29) is 5.91 Å². The van der Waals surface area contributed by atoms with Crippen LogP contribution in [0, 0.1) is 6.92 Å². The Morgan fingerprint density at radius 3 is 3.09 bits per heavy atom. The largest absolute Gasteiger partial charge is 0.320 e. The van der Waals surface area contributed by atoms with Crippen LogP contribution in [-0.2, 0) is 11.2 Å². The fourth-order valence-electron chi connectivity index (χ4n) is 1.44.